The third-order valence-electron chi connectivity index (χ3n) is 1.62. The fourth-order valence-corrected chi connectivity index (χ4v) is 0.978. The molecular weight excluding hydrogens is 196 g/mol. The first-order chi connectivity index (χ1) is 6.09. The molecule has 0 saturated carbocycles. The van der Waals surface area contributed by atoms with Crippen LogP contribution >= 0.6 is 11.6 Å². The monoisotopic (exact) mass is 206 g/mol. The summed E-state index contributed by atoms with van der Waals surface area (Å²) in [5.74, 6) is -0.247. The van der Waals surface area contributed by atoms with Gasteiger partial charge in [-0.3, -0.25) is 4.79 Å². The number of alkyl halides is 1. The number of alkyl carbamates (subject to hydrolysis) is 1. The molecule has 0 aromatic heterocycles. The molecule has 6 heteroatoms. The molecule has 0 spiro atoms. The van der Waals surface area contributed by atoms with E-state index in [1.54, 1.807) is 6.92 Å². The lowest BCUT2D eigenvalue weighted by Gasteiger charge is -2.09. The van der Waals surface area contributed by atoms with Crippen LogP contribution in [0.25, 0.3) is 0 Å². The van der Waals surface area contributed by atoms with Crippen molar-refractivity contribution in [3.05, 3.63) is 0 Å². The van der Waals surface area contributed by atoms with Crippen molar-refractivity contribution in [3.63, 3.8) is 0 Å². The standard InChI is InChI=1S/C7H11ClN2O3/c1-4(8)6(11)9-2-5-3-13-7(12)10-5/h4-5H,2-3H2,1H3,(H,9,11)(H,10,12). The van der Waals surface area contributed by atoms with Crippen LogP contribution in [0.2, 0.25) is 0 Å². The minimum Gasteiger partial charge on any atom is -0.447 e. The second-order valence-electron chi connectivity index (χ2n) is 2.80. The molecule has 13 heavy (non-hydrogen) atoms. The van der Waals surface area contributed by atoms with Gasteiger partial charge in [-0.1, -0.05) is 0 Å². The number of carbonyl (C=O) groups excluding carboxylic acids is 2. The highest BCUT2D eigenvalue weighted by Gasteiger charge is 2.22. The zero-order chi connectivity index (χ0) is 9.84. The molecule has 1 aliphatic heterocycles. The van der Waals surface area contributed by atoms with Crippen molar-refractivity contribution >= 4 is 23.6 Å². The second kappa shape index (κ2) is 4.32. The maximum Gasteiger partial charge on any atom is 0.407 e. The molecule has 0 aromatic carbocycles. The van der Waals surface area contributed by atoms with Crippen LogP contribution in [0.3, 0.4) is 0 Å². The van der Waals surface area contributed by atoms with Crippen LogP contribution in [0, 0.1) is 0 Å². The van der Waals surface area contributed by atoms with E-state index in [4.69, 9.17) is 11.6 Å². The Bertz CT molecular complexity index is 220. The van der Waals surface area contributed by atoms with Crippen LogP contribution in [0.5, 0.6) is 0 Å². The van der Waals surface area contributed by atoms with E-state index in [0.29, 0.717) is 6.54 Å². The van der Waals surface area contributed by atoms with Crippen molar-refractivity contribution in [2.24, 2.45) is 0 Å². The lowest BCUT2D eigenvalue weighted by Crippen LogP contribution is -2.41. The van der Waals surface area contributed by atoms with E-state index in [1.165, 1.54) is 0 Å². The minimum absolute atomic E-state index is 0.146. The summed E-state index contributed by atoms with van der Waals surface area (Å²) in [7, 11) is 0. The van der Waals surface area contributed by atoms with E-state index in [9.17, 15) is 9.59 Å². The maximum absolute atomic E-state index is 11.0. The minimum atomic E-state index is -0.557. The van der Waals surface area contributed by atoms with Gasteiger partial charge in [-0.15, -0.1) is 11.6 Å². The molecule has 2 atom stereocenters. The summed E-state index contributed by atoms with van der Waals surface area (Å²) in [6.07, 6.45) is -0.446. The Morgan fingerprint density at radius 1 is 1.92 bits per heavy atom. The predicted molar refractivity (Wildman–Crippen MR) is 46.6 cm³/mol. The Morgan fingerprint density at radius 2 is 2.62 bits per heavy atom. The number of carbonyl (C=O) groups is 2. The number of ether oxygens (including phenoxy) is 1. The van der Waals surface area contributed by atoms with Crippen LogP contribution in [0.4, 0.5) is 4.79 Å². The predicted octanol–water partition coefficient (Wildman–Crippen LogP) is -0.162. The van der Waals surface area contributed by atoms with Gasteiger partial charge < -0.3 is 15.4 Å². The number of halogens is 1. The maximum atomic E-state index is 11.0. The lowest BCUT2D eigenvalue weighted by atomic mass is 10.3. The quantitative estimate of drug-likeness (QED) is 0.631. The van der Waals surface area contributed by atoms with Crippen LogP contribution in [-0.4, -0.2) is 36.6 Å². The zero-order valence-corrected chi connectivity index (χ0v) is 7.93. The molecule has 2 N–H and O–H groups in total. The summed E-state index contributed by atoms with van der Waals surface area (Å²) in [6, 6.07) is -0.146. The first-order valence-corrected chi connectivity index (χ1v) is 4.38. The number of rotatable bonds is 3. The molecule has 0 radical (unpaired) electrons. The molecule has 1 heterocycles. The zero-order valence-electron chi connectivity index (χ0n) is 7.17. The number of hydrogen-bond donors (Lipinski definition) is 2. The van der Waals surface area contributed by atoms with Gasteiger partial charge in [0.1, 0.15) is 12.0 Å². The van der Waals surface area contributed by atoms with Crippen LogP contribution in [0.1, 0.15) is 6.92 Å². The number of amides is 2. The average Bonchev–Trinajstić information content (AvgIpc) is 2.47. The molecule has 5 nitrogen and oxygen atoms in total. The van der Waals surface area contributed by atoms with Crippen molar-refractivity contribution in [2.45, 2.75) is 18.3 Å². The van der Waals surface area contributed by atoms with E-state index in [-0.39, 0.29) is 18.6 Å². The topological polar surface area (TPSA) is 67.4 Å². The highest BCUT2D eigenvalue weighted by atomic mass is 35.5. The second-order valence-corrected chi connectivity index (χ2v) is 3.46. The summed E-state index contributed by atoms with van der Waals surface area (Å²) in [5.41, 5.74) is 0. The molecule has 1 fully saturated rings. The Morgan fingerprint density at radius 3 is 3.08 bits per heavy atom. The van der Waals surface area contributed by atoms with E-state index in [2.05, 4.69) is 15.4 Å². The van der Waals surface area contributed by atoms with Crippen LogP contribution in [0.15, 0.2) is 0 Å². The fourth-order valence-electron chi connectivity index (χ4n) is 0.901. The van der Waals surface area contributed by atoms with E-state index in [0.717, 1.165) is 0 Å². The molecule has 1 saturated heterocycles. The lowest BCUT2D eigenvalue weighted by molar-refractivity contribution is -0.120. The van der Waals surface area contributed by atoms with Crippen molar-refractivity contribution in [1.82, 2.24) is 10.6 Å². The van der Waals surface area contributed by atoms with Crippen molar-refractivity contribution in [2.75, 3.05) is 13.2 Å². The van der Waals surface area contributed by atoms with Gasteiger partial charge in [0.2, 0.25) is 5.91 Å². The van der Waals surface area contributed by atoms with Crippen molar-refractivity contribution in [3.8, 4) is 0 Å². The third-order valence-corrected chi connectivity index (χ3v) is 1.82. The number of cyclic esters (lactones) is 1. The molecule has 1 aliphatic rings. The molecule has 0 bridgehead atoms. The molecule has 1 rings (SSSR count). The Hall–Kier alpha value is -0.970. The molecule has 74 valence electrons. The summed E-state index contributed by atoms with van der Waals surface area (Å²) in [6.45, 7) is 2.22. The van der Waals surface area contributed by atoms with Crippen molar-refractivity contribution in [1.29, 1.82) is 0 Å². The molecular formula is C7H11ClN2O3. The van der Waals surface area contributed by atoms with Crippen molar-refractivity contribution < 1.29 is 14.3 Å². The van der Waals surface area contributed by atoms with Gasteiger partial charge in [0, 0.05) is 6.54 Å². The first-order valence-electron chi connectivity index (χ1n) is 3.94. The van der Waals surface area contributed by atoms with Gasteiger partial charge >= 0.3 is 6.09 Å². The average molecular weight is 207 g/mol. The Balaban J connectivity index is 2.19. The smallest absolute Gasteiger partial charge is 0.407 e. The molecule has 2 unspecified atom stereocenters. The van der Waals surface area contributed by atoms with E-state index >= 15 is 0 Å². The van der Waals surface area contributed by atoms with Gasteiger partial charge in [0.15, 0.2) is 0 Å². The van der Waals surface area contributed by atoms with Crippen LogP contribution in [-0.2, 0) is 9.53 Å². The number of hydrogen-bond acceptors (Lipinski definition) is 3. The van der Waals surface area contributed by atoms with Gasteiger partial charge in [-0.05, 0) is 6.92 Å². The van der Waals surface area contributed by atoms with E-state index < -0.39 is 11.5 Å². The Kier molecular flexibility index (Phi) is 3.36. The normalized spacial score (nSPS) is 23.2. The molecule has 0 aliphatic carbocycles. The Labute approximate surface area is 80.8 Å². The van der Waals surface area contributed by atoms with Gasteiger partial charge in [-0.2, -0.15) is 0 Å². The third kappa shape index (κ3) is 3.10. The highest BCUT2D eigenvalue weighted by Crippen LogP contribution is 1.97. The first kappa shape index (κ1) is 10.1. The van der Waals surface area contributed by atoms with Crippen LogP contribution < -0.4 is 10.6 Å². The SMILES string of the molecule is CC(Cl)C(=O)NCC1COC(=O)N1. The number of nitrogens with one attached hydrogen (secondary N) is 2. The largest absolute Gasteiger partial charge is 0.447 e. The van der Waals surface area contributed by atoms with Gasteiger partial charge in [0.05, 0.1) is 6.04 Å². The molecule has 0 aromatic rings. The van der Waals surface area contributed by atoms with Gasteiger partial charge in [-0.25, -0.2) is 4.79 Å². The van der Waals surface area contributed by atoms with E-state index in [1.807, 2.05) is 0 Å². The molecule has 2 amide bonds. The fraction of sp³-hybridized carbons (Fsp3) is 0.714. The summed E-state index contributed by atoms with van der Waals surface area (Å²) < 4.78 is 4.62. The van der Waals surface area contributed by atoms with Gasteiger partial charge in [0.25, 0.3) is 0 Å². The highest BCUT2D eigenvalue weighted by molar-refractivity contribution is 6.30. The summed E-state index contributed by atoms with van der Waals surface area (Å²) in [5, 5.41) is 4.55. The summed E-state index contributed by atoms with van der Waals surface area (Å²) in [4.78, 5) is 21.5. The summed E-state index contributed by atoms with van der Waals surface area (Å²) >= 11 is 5.51.